The van der Waals surface area contributed by atoms with E-state index in [2.05, 4.69) is 24.3 Å². The largest absolute Gasteiger partial charge is 0.491 e. The Morgan fingerprint density at radius 3 is 2.79 bits per heavy atom. The molecule has 0 spiro atoms. The molecule has 0 bridgehead atoms. The molecule has 2 aromatic heterocycles. The summed E-state index contributed by atoms with van der Waals surface area (Å²) < 4.78 is 66.2. The zero-order valence-electron chi connectivity index (χ0n) is 14.6. The van der Waals surface area contributed by atoms with Gasteiger partial charge in [0.25, 0.3) is 5.91 Å². The molecule has 29 heavy (non-hydrogen) atoms. The molecule has 1 amide bonds. The number of benzene rings is 1. The third kappa shape index (κ3) is 3.64. The van der Waals surface area contributed by atoms with Gasteiger partial charge in [0.05, 0.1) is 12.6 Å². The van der Waals surface area contributed by atoms with Gasteiger partial charge in [0.1, 0.15) is 18.2 Å². The lowest BCUT2D eigenvalue weighted by Gasteiger charge is -2.25. The molecule has 3 aromatic rings. The first-order valence-electron chi connectivity index (χ1n) is 8.18. The Kier molecular flexibility index (Phi) is 4.68. The Hall–Kier alpha value is -3.09. The smallest absolute Gasteiger partial charge is 0.471 e. The molecule has 152 valence electrons. The van der Waals surface area contributed by atoms with Crippen LogP contribution in [0, 0.1) is 5.82 Å². The minimum atomic E-state index is -4.81. The summed E-state index contributed by atoms with van der Waals surface area (Å²) in [5.74, 6) is -3.09. The molecule has 0 saturated carbocycles. The van der Waals surface area contributed by atoms with Crippen LogP contribution in [0.5, 0.6) is 5.75 Å². The second-order valence-electron chi connectivity index (χ2n) is 6.24. The SMILES string of the molecule is C[C@H]1COc2cc(-c3noc(C(F)(F)F)n3)cc(F)c2CN1C(=O)c1csnn1. The van der Waals surface area contributed by atoms with Crippen LogP contribution in [0.3, 0.4) is 0 Å². The zero-order chi connectivity index (χ0) is 20.8. The molecule has 1 aromatic carbocycles. The number of carbonyl (C=O) groups is 1. The molecule has 0 N–H and O–H groups in total. The first kappa shape index (κ1) is 19.2. The molecule has 4 rings (SSSR count). The predicted octanol–water partition coefficient (Wildman–Crippen LogP) is 3.17. The van der Waals surface area contributed by atoms with Crippen molar-refractivity contribution in [2.75, 3.05) is 6.61 Å². The standard InChI is InChI=1S/C16H11F4N5O3S/c1-7-5-27-12-3-8(13-21-15(28-23-13)16(18,19)20)2-10(17)9(12)4-25(7)14(26)11-6-29-24-22-11/h2-3,6-7H,4-5H2,1H3/t7-/m0/s1. The first-order chi connectivity index (χ1) is 13.7. The number of alkyl halides is 3. The van der Waals surface area contributed by atoms with Gasteiger partial charge in [-0.05, 0) is 30.6 Å². The summed E-state index contributed by atoms with van der Waals surface area (Å²) in [7, 11) is 0. The summed E-state index contributed by atoms with van der Waals surface area (Å²) in [5, 5.41) is 8.47. The third-order valence-electron chi connectivity index (χ3n) is 4.26. The zero-order valence-corrected chi connectivity index (χ0v) is 15.4. The normalized spacial score (nSPS) is 16.9. The summed E-state index contributed by atoms with van der Waals surface area (Å²) in [4.78, 5) is 17.3. The van der Waals surface area contributed by atoms with Crippen LogP contribution in [-0.4, -0.2) is 43.2 Å². The minimum absolute atomic E-state index is 0.0409. The van der Waals surface area contributed by atoms with Gasteiger partial charge in [-0.1, -0.05) is 9.64 Å². The molecule has 1 aliphatic rings. The van der Waals surface area contributed by atoms with Crippen LogP contribution in [0.4, 0.5) is 17.6 Å². The van der Waals surface area contributed by atoms with Crippen LogP contribution in [0.25, 0.3) is 11.4 Å². The highest BCUT2D eigenvalue weighted by Gasteiger charge is 2.39. The fourth-order valence-corrected chi connectivity index (χ4v) is 3.21. The summed E-state index contributed by atoms with van der Waals surface area (Å²) in [6.45, 7) is 1.65. The second kappa shape index (κ2) is 7.06. The van der Waals surface area contributed by atoms with E-state index >= 15 is 0 Å². The number of fused-ring (bicyclic) bond motifs is 1. The van der Waals surface area contributed by atoms with Crippen molar-refractivity contribution in [2.24, 2.45) is 0 Å². The Morgan fingerprint density at radius 1 is 1.34 bits per heavy atom. The van der Waals surface area contributed by atoms with Gasteiger partial charge in [-0.15, -0.1) is 5.10 Å². The Bertz CT molecular complexity index is 1050. The number of nitrogens with zero attached hydrogens (tertiary/aromatic N) is 5. The molecule has 1 aliphatic heterocycles. The highest BCUT2D eigenvalue weighted by Crippen LogP contribution is 2.34. The van der Waals surface area contributed by atoms with Gasteiger partial charge in [0.2, 0.25) is 5.82 Å². The number of carbonyl (C=O) groups excluding carboxylic acids is 1. The average molecular weight is 429 g/mol. The fraction of sp³-hybridized carbons (Fsp3) is 0.312. The number of aromatic nitrogens is 4. The molecule has 0 radical (unpaired) electrons. The molecule has 0 fully saturated rings. The number of hydrogen-bond donors (Lipinski definition) is 0. The minimum Gasteiger partial charge on any atom is -0.491 e. The topological polar surface area (TPSA) is 94.2 Å². The highest BCUT2D eigenvalue weighted by atomic mass is 32.1. The average Bonchev–Trinajstić information content (AvgIpc) is 3.33. The molecule has 8 nitrogen and oxygen atoms in total. The van der Waals surface area contributed by atoms with Crippen LogP contribution in [0.1, 0.15) is 28.9 Å². The number of amides is 1. The maximum absolute atomic E-state index is 14.8. The number of hydrogen-bond acceptors (Lipinski definition) is 8. The third-order valence-corrected chi connectivity index (χ3v) is 4.77. The van der Waals surface area contributed by atoms with Crippen molar-refractivity contribution in [3.8, 4) is 17.1 Å². The van der Waals surface area contributed by atoms with Crippen molar-refractivity contribution in [3.63, 3.8) is 0 Å². The van der Waals surface area contributed by atoms with E-state index in [1.165, 1.54) is 16.3 Å². The molecule has 0 unspecified atom stereocenters. The van der Waals surface area contributed by atoms with Crippen molar-refractivity contribution in [3.05, 3.63) is 40.5 Å². The predicted molar refractivity (Wildman–Crippen MR) is 89.4 cm³/mol. The fourth-order valence-electron chi connectivity index (χ4n) is 2.78. The van der Waals surface area contributed by atoms with Crippen molar-refractivity contribution >= 4 is 17.4 Å². The van der Waals surface area contributed by atoms with Gasteiger partial charge in [-0.2, -0.15) is 18.2 Å². The second-order valence-corrected chi connectivity index (χ2v) is 6.85. The quantitative estimate of drug-likeness (QED) is 0.578. The summed E-state index contributed by atoms with van der Waals surface area (Å²) in [5.41, 5.74) is 0.166. The summed E-state index contributed by atoms with van der Waals surface area (Å²) in [6.07, 6.45) is -4.81. The molecular weight excluding hydrogens is 418 g/mol. The van der Waals surface area contributed by atoms with E-state index in [4.69, 9.17) is 4.74 Å². The number of ether oxygens (including phenoxy) is 1. The molecule has 0 saturated heterocycles. The Balaban J connectivity index is 1.68. The van der Waals surface area contributed by atoms with Gasteiger partial charge in [0, 0.05) is 16.5 Å². The van der Waals surface area contributed by atoms with Crippen molar-refractivity contribution in [1.82, 2.24) is 24.6 Å². The van der Waals surface area contributed by atoms with Crippen LogP contribution in [-0.2, 0) is 12.7 Å². The van der Waals surface area contributed by atoms with E-state index in [1.807, 2.05) is 0 Å². The maximum atomic E-state index is 14.8. The lowest BCUT2D eigenvalue weighted by Crippen LogP contribution is -2.40. The van der Waals surface area contributed by atoms with Crippen molar-refractivity contribution < 1.29 is 31.6 Å². The van der Waals surface area contributed by atoms with Gasteiger partial charge >= 0.3 is 12.1 Å². The molecular formula is C16H11F4N5O3S. The first-order valence-corrected chi connectivity index (χ1v) is 9.02. The molecule has 3 heterocycles. The van der Waals surface area contributed by atoms with Gasteiger partial charge in [0.15, 0.2) is 5.69 Å². The Labute approximate surface area is 164 Å². The Morgan fingerprint density at radius 2 is 2.14 bits per heavy atom. The molecule has 1 atom stereocenters. The van der Waals surface area contributed by atoms with Gasteiger partial charge in [-0.25, -0.2) is 4.39 Å². The van der Waals surface area contributed by atoms with E-state index < -0.39 is 35.7 Å². The summed E-state index contributed by atoms with van der Waals surface area (Å²) >= 11 is 1.01. The number of halogens is 4. The van der Waals surface area contributed by atoms with E-state index in [0.29, 0.717) is 0 Å². The molecule has 13 heteroatoms. The van der Waals surface area contributed by atoms with E-state index in [0.717, 1.165) is 17.6 Å². The van der Waals surface area contributed by atoms with Crippen LogP contribution >= 0.6 is 11.5 Å². The lowest BCUT2D eigenvalue weighted by molar-refractivity contribution is -0.159. The maximum Gasteiger partial charge on any atom is 0.471 e. The van der Waals surface area contributed by atoms with Gasteiger partial charge in [-0.3, -0.25) is 4.79 Å². The van der Waals surface area contributed by atoms with Gasteiger partial charge < -0.3 is 14.2 Å². The van der Waals surface area contributed by atoms with Crippen LogP contribution in [0.15, 0.2) is 22.0 Å². The molecule has 0 aliphatic carbocycles. The van der Waals surface area contributed by atoms with E-state index in [9.17, 15) is 22.4 Å². The van der Waals surface area contributed by atoms with Crippen molar-refractivity contribution in [1.29, 1.82) is 0 Å². The van der Waals surface area contributed by atoms with Crippen molar-refractivity contribution in [2.45, 2.75) is 25.7 Å². The van der Waals surface area contributed by atoms with E-state index in [1.54, 1.807) is 6.92 Å². The van der Waals surface area contributed by atoms with Crippen LogP contribution < -0.4 is 4.74 Å². The monoisotopic (exact) mass is 429 g/mol. The number of rotatable bonds is 2. The lowest BCUT2D eigenvalue weighted by atomic mass is 10.1. The summed E-state index contributed by atoms with van der Waals surface area (Å²) in [6, 6.07) is 1.87. The van der Waals surface area contributed by atoms with E-state index in [-0.39, 0.29) is 35.7 Å². The highest BCUT2D eigenvalue weighted by molar-refractivity contribution is 7.03. The van der Waals surface area contributed by atoms with Crippen LogP contribution in [0.2, 0.25) is 0 Å².